The largest absolute Gasteiger partial charge is 0.382 e. The predicted octanol–water partition coefficient (Wildman–Crippen LogP) is 1.56. The molecule has 11 heavy (non-hydrogen) atoms. The number of aromatic nitrogens is 2. The predicted molar refractivity (Wildman–Crippen MR) is 47.5 cm³/mol. The van der Waals surface area contributed by atoms with E-state index in [1.807, 2.05) is 0 Å². The molecule has 60 valence electrons. The summed E-state index contributed by atoms with van der Waals surface area (Å²) in [4.78, 5) is 8.02. The van der Waals surface area contributed by atoms with E-state index in [-0.39, 0.29) is 0 Å². The topological polar surface area (TPSA) is 51.8 Å². The number of hydrogen-bond donors (Lipinski definition) is 1. The number of nitrogen functional groups attached to an aromatic ring is 1. The fourth-order valence-electron chi connectivity index (χ4n) is 0.607. The Balaban J connectivity index is 2.52. The van der Waals surface area contributed by atoms with Gasteiger partial charge in [0.15, 0.2) is 0 Å². The Morgan fingerprint density at radius 2 is 2.27 bits per heavy atom. The Kier molecular flexibility index (Phi) is 3.16. The molecule has 0 atom stereocenters. The molecule has 0 unspecified atom stereocenters. The van der Waals surface area contributed by atoms with Crippen LogP contribution >= 0.6 is 11.8 Å². The summed E-state index contributed by atoms with van der Waals surface area (Å²) in [7, 11) is 0. The minimum Gasteiger partial charge on any atom is -0.382 e. The van der Waals surface area contributed by atoms with E-state index in [0.717, 1.165) is 17.2 Å². The Hall–Kier alpha value is -0.770. The molecule has 0 aliphatic rings. The maximum atomic E-state index is 5.37. The molecule has 3 nitrogen and oxygen atoms in total. The molecular formula is C7H11N3S. The summed E-state index contributed by atoms with van der Waals surface area (Å²) in [6.07, 6.45) is 4.43. The minimum atomic E-state index is 0.478. The summed E-state index contributed by atoms with van der Waals surface area (Å²) >= 11 is 1.70. The molecule has 4 heteroatoms. The lowest BCUT2D eigenvalue weighted by Crippen LogP contribution is -1.91. The van der Waals surface area contributed by atoms with Crippen molar-refractivity contribution in [1.82, 2.24) is 9.97 Å². The first kappa shape index (κ1) is 8.33. The fraction of sp³-hybridized carbons (Fsp3) is 0.429. The molecule has 2 N–H and O–H groups in total. The quantitative estimate of drug-likeness (QED) is 0.698. The second-order valence-electron chi connectivity index (χ2n) is 2.13. The molecule has 0 amide bonds. The van der Waals surface area contributed by atoms with Gasteiger partial charge >= 0.3 is 0 Å². The van der Waals surface area contributed by atoms with Gasteiger partial charge in [0.2, 0.25) is 0 Å². The monoisotopic (exact) mass is 169 g/mol. The molecule has 0 bridgehead atoms. The Bertz CT molecular complexity index is 209. The Morgan fingerprint density at radius 3 is 2.82 bits per heavy atom. The number of hydrogen-bond acceptors (Lipinski definition) is 4. The van der Waals surface area contributed by atoms with E-state index in [1.54, 1.807) is 24.2 Å². The van der Waals surface area contributed by atoms with Gasteiger partial charge in [-0.1, -0.05) is 6.92 Å². The van der Waals surface area contributed by atoms with Crippen molar-refractivity contribution in [2.75, 3.05) is 11.5 Å². The molecule has 0 saturated carbocycles. The van der Waals surface area contributed by atoms with Crippen LogP contribution in [0.25, 0.3) is 0 Å². The SMILES string of the molecule is CCCSc1cnc(N)cn1. The van der Waals surface area contributed by atoms with Crippen molar-refractivity contribution in [2.45, 2.75) is 18.4 Å². The molecule has 1 aromatic heterocycles. The first-order valence-electron chi connectivity index (χ1n) is 3.53. The highest BCUT2D eigenvalue weighted by Gasteiger charge is 1.93. The van der Waals surface area contributed by atoms with Gasteiger partial charge in [-0.05, 0) is 12.2 Å². The summed E-state index contributed by atoms with van der Waals surface area (Å²) in [6, 6.07) is 0. The highest BCUT2D eigenvalue weighted by molar-refractivity contribution is 7.99. The van der Waals surface area contributed by atoms with Gasteiger partial charge in [-0.15, -0.1) is 11.8 Å². The molecule has 1 aromatic rings. The van der Waals surface area contributed by atoms with Crippen LogP contribution in [-0.4, -0.2) is 15.7 Å². The lowest BCUT2D eigenvalue weighted by molar-refractivity contribution is 1.05. The van der Waals surface area contributed by atoms with Crippen molar-refractivity contribution in [1.29, 1.82) is 0 Å². The lowest BCUT2D eigenvalue weighted by atomic mass is 10.6. The molecule has 1 rings (SSSR count). The van der Waals surface area contributed by atoms with Gasteiger partial charge in [0.1, 0.15) is 10.8 Å². The summed E-state index contributed by atoms with van der Waals surface area (Å²) in [5, 5.41) is 0.945. The van der Waals surface area contributed by atoms with Crippen LogP contribution < -0.4 is 5.73 Å². The average molecular weight is 169 g/mol. The van der Waals surface area contributed by atoms with Gasteiger partial charge in [0.25, 0.3) is 0 Å². The third-order valence-electron chi connectivity index (χ3n) is 1.10. The van der Waals surface area contributed by atoms with Gasteiger partial charge in [0, 0.05) is 0 Å². The number of thioether (sulfide) groups is 1. The van der Waals surface area contributed by atoms with E-state index < -0.39 is 0 Å². The molecule has 0 fully saturated rings. The van der Waals surface area contributed by atoms with Crippen molar-refractivity contribution in [3.63, 3.8) is 0 Å². The standard InChI is InChI=1S/C7H11N3S/c1-2-3-11-7-5-9-6(8)4-10-7/h4-5H,2-3H2,1H3,(H2,8,9). The summed E-state index contributed by atoms with van der Waals surface area (Å²) in [5.41, 5.74) is 5.37. The smallest absolute Gasteiger partial charge is 0.141 e. The zero-order valence-electron chi connectivity index (χ0n) is 6.45. The molecule has 1 heterocycles. The van der Waals surface area contributed by atoms with E-state index in [2.05, 4.69) is 16.9 Å². The number of nitrogens with zero attached hydrogens (tertiary/aromatic N) is 2. The molecule has 0 spiro atoms. The van der Waals surface area contributed by atoms with Crippen LogP contribution in [-0.2, 0) is 0 Å². The van der Waals surface area contributed by atoms with Crippen molar-refractivity contribution >= 4 is 17.6 Å². The normalized spacial score (nSPS) is 9.91. The maximum Gasteiger partial charge on any atom is 0.141 e. The van der Waals surface area contributed by atoms with Gasteiger partial charge in [-0.3, -0.25) is 0 Å². The molecular weight excluding hydrogens is 158 g/mol. The van der Waals surface area contributed by atoms with Gasteiger partial charge < -0.3 is 5.73 Å². The summed E-state index contributed by atoms with van der Waals surface area (Å²) in [5.74, 6) is 1.56. The summed E-state index contributed by atoms with van der Waals surface area (Å²) < 4.78 is 0. The van der Waals surface area contributed by atoms with Crippen LogP contribution in [0.15, 0.2) is 17.4 Å². The lowest BCUT2D eigenvalue weighted by Gasteiger charge is -1.96. The third-order valence-corrected chi connectivity index (χ3v) is 2.22. The van der Waals surface area contributed by atoms with Crippen LogP contribution in [0.3, 0.4) is 0 Å². The molecule has 0 aromatic carbocycles. The molecule has 0 aliphatic carbocycles. The number of rotatable bonds is 3. The number of nitrogens with two attached hydrogens (primary N) is 1. The Labute approximate surface area is 70.4 Å². The highest BCUT2D eigenvalue weighted by Crippen LogP contribution is 2.14. The first-order valence-corrected chi connectivity index (χ1v) is 4.52. The minimum absolute atomic E-state index is 0.478. The third kappa shape index (κ3) is 2.76. The van der Waals surface area contributed by atoms with Crippen LogP contribution in [0.5, 0.6) is 0 Å². The van der Waals surface area contributed by atoms with Crippen molar-refractivity contribution in [3.05, 3.63) is 12.4 Å². The Morgan fingerprint density at radius 1 is 1.45 bits per heavy atom. The van der Waals surface area contributed by atoms with E-state index in [4.69, 9.17) is 5.73 Å². The van der Waals surface area contributed by atoms with Crippen molar-refractivity contribution in [2.24, 2.45) is 0 Å². The van der Waals surface area contributed by atoms with E-state index in [0.29, 0.717) is 5.82 Å². The van der Waals surface area contributed by atoms with Crippen LogP contribution in [0.4, 0.5) is 5.82 Å². The highest BCUT2D eigenvalue weighted by atomic mass is 32.2. The van der Waals surface area contributed by atoms with Crippen molar-refractivity contribution in [3.8, 4) is 0 Å². The van der Waals surface area contributed by atoms with Gasteiger partial charge in [0.05, 0.1) is 12.4 Å². The van der Waals surface area contributed by atoms with Crippen LogP contribution in [0, 0.1) is 0 Å². The van der Waals surface area contributed by atoms with Crippen LogP contribution in [0.2, 0.25) is 0 Å². The van der Waals surface area contributed by atoms with Crippen molar-refractivity contribution < 1.29 is 0 Å². The zero-order chi connectivity index (χ0) is 8.10. The van der Waals surface area contributed by atoms with Crippen LogP contribution in [0.1, 0.15) is 13.3 Å². The maximum absolute atomic E-state index is 5.37. The van der Waals surface area contributed by atoms with E-state index in [9.17, 15) is 0 Å². The second-order valence-corrected chi connectivity index (χ2v) is 3.24. The molecule has 0 saturated heterocycles. The van der Waals surface area contributed by atoms with E-state index in [1.165, 1.54) is 0 Å². The molecule has 0 radical (unpaired) electrons. The average Bonchev–Trinajstić information content (AvgIpc) is 2.04. The zero-order valence-corrected chi connectivity index (χ0v) is 7.27. The molecule has 0 aliphatic heterocycles. The first-order chi connectivity index (χ1) is 5.33. The van der Waals surface area contributed by atoms with E-state index >= 15 is 0 Å². The summed E-state index contributed by atoms with van der Waals surface area (Å²) in [6.45, 7) is 2.14. The fourth-order valence-corrected chi connectivity index (χ4v) is 1.28. The van der Waals surface area contributed by atoms with Gasteiger partial charge in [-0.25, -0.2) is 9.97 Å². The second kappa shape index (κ2) is 4.18. The number of anilines is 1. The van der Waals surface area contributed by atoms with Gasteiger partial charge in [-0.2, -0.15) is 0 Å².